The highest BCUT2D eigenvalue weighted by Gasteiger charge is 2.28. The van der Waals surface area contributed by atoms with E-state index in [-0.39, 0.29) is 0 Å². The van der Waals surface area contributed by atoms with E-state index in [0.29, 0.717) is 0 Å². The third-order valence-corrected chi connectivity index (χ3v) is 2.47. The molecular weight excluding hydrogens is 262 g/mol. The van der Waals surface area contributed by atoms with Gasteiger partial charge in [-0.2, -0.15) is 0 Å². The third kappa shape index (κ3) is 1.31. The first kappa shape index (κ1) is 12.3. The lowest BCUT2D eigenvalue weighted by Gasteiger charge is -2.11. The minimum atomic E-state index is -2.23. The Kier molecular flexibility index (Phi) is 2.53. The van der Waals surface area contributed by atoms with Crippen molar-refractivity contribution >= 4 is 22.1 Å². The molecule has 0 radical (unpaired) electrons. The van der Waals surface area contributed by atoms with Crippen LogP contribution in [0.5, 0.6) is 0 Å². The Bertz CT molecular complexity index is 569. The normalized spacial score (nSPS) is 11.2. The van der Waals surface area contributed by atoms with Crippen molar-refractivity contribution in [3.63, 3.8) is 0 Å². The van der Waals surface area contributed by atoms with Gasteiger partial charge >= 0.3 is 0 Å². The van der Waals surface area contributed by atoms with Crippen LogP contribution < -0.4 is 11.5 Å². The van der Waals surface area contributed by atoms with Crippen molar-refractivity contribution in [1.82, 2.24) is 0 Å². The molecule has 0 spiro atoms. The van der Waals surface area contributed by atoms with E-state index in [4.69, 9.17) is 11.5 Å². The lowest BCUT2D eigenvalue weighted by molar-refractivity contribution is 0.416. The molecule has 0 fully saturated rings. The lowest BCUT2D eigenvalue weighted by atomic mass is 10.0. The highest BCUT2D eigenvalue weighted by molar-refractivity contribution is 5.97. The zero-order valence-electron chi connectivity index (χ0n) is 8.42. The van der Waals surface area contributed by atoms with Gasteiger partial charge in [0.25, 0.3) is 0 Å². The van der Waals surface area contributed by atoms with Crippen LogP contribution in [0.2, 0.25) is 0 Å². The van der Waals surface area contributed by atoms with Crippen LogP contribution in [-0.2, 0) is 0 Å². The molecule has 0 bridgehead atoms. The van der Waals surface area contributed by atoms with Crippen molar-refractivity contribution in [2.75, 3.05) is 11.5 Å². The number of fused-ring (bicyclic) bond motifs is 1. The zero-order chi connectivity index (χ0) is 13.8. The fourth-order valence-electron chi connectivity index (χ4n) is 1.58. The Labute approximate surface area is 95.8 Å². The SMILES string of the molecule is Nc1c(F)c(N)c2c(F)c(F)c(F)c(F)c2c1F. The van der Waals surface area contributed by atoms with Crippen LogP contribution in [0.3, 0.4) is 0 Å². The van der Waals surface area contributed by atoms with Gasteiger partial charge in [0, 0.05) is 0 Å². The zero-order valence-corrected chi connectivity index (χ0v) is 8.42. The first-order valence-corrected chi connectivity index (χ1v) is 4.46. The standard InChI is InChI=1S/C10H4F6N2/c11-3-1-2(4(12)7(15)6(3)14)9(17)8(16)10(18)5(1)13/h17-18H2. The molecule has 96 valence electrons. The summed E-state index contributed by atoms with van der Waals surface area (Å²) in [5.74, 6) is -11.8. The van der Waals surface area contributed by atoms with Crippen LogP contribution in [-0.4, -0.2) is 0 Å². The molecule has 4 N–H and O–H groups in total. The van der Waals surface area contributed by atoms with E-state index in [9.17, 15) is 26.3 Å². The quantitative estimate of drug-likeness (QED) is 0.333. The summed E-state index contributed by atoms with van der Waals surface area (Å²) in [5.41, 5.74) is 7.68. The number of hydrogen-bond acceptors (Lipinski definition) is 2. The van der Waals surface area contributed by atoms with E-state index in [1.54, 1.807) is 0 Å². The topological polar surface area (TPSA) is 52.0 Å². The minimum Gasteiger partial charge on any atom is -0.396 e. The lowest BCUT2D eigenvalue weighted by Crippen LogP contribution is -2.08. The van der Waals surface area contributed by atoms with Crippen molar-refractivity contribution in [3.05, 3.63) is 34.9 Å². The van der Waals surface area contributed by atoms with Crippen LogP contribution >= 0.6 is 0 Å². The van der Waals surface area contributed by atoms with Crippen LogP contribution in [0, 0.1) is 34.9 Å². The number of halogens is 6. The molecule has 0 heterocycles. The molecule has 2 aromatic rings. The van der Waals surface area contributed by atoms with Crippen LogP contribution in [0.4, 0.5) is 37.7 Å². The molecule has 0 saturated heterocycles. The highest BCUT2D eigenvalue weighted by Crippen LogP contribution is 2.37. The molecule has 2 aromatic carbocycles. The van der Waals surface area contributed by atoms with Crippen molar-refractivity contribution in [3.8, 4) is 0 Å². The van der Waals surface area contributed by atoms with E-state index in [1.165, 1.54) is 0 Å². The monoisotopic (exact) mass is 266 g/mol. The van der Waals surface area contributed by atoms with Crippen molar-refractivity contribution in [1.29, 1.82) is 0 Å². The summed E-state index contributed by atoms with van der Waals surface area (Å²) in [6, 6.07) is 0. The molecule has 2 nitrogen and oxygen atoms in total. The maximum Gasteiger partial charge on any atom is 0.198 e. The number of nitrogens with two attached hydrogens (primary N) is 2. The number of rotatable bonds is 0. The summed E-state index contributed by atoms with van der Waals surface area (Å²) in [7, 11) is 0. The molecule has 0 aromatic heterocycles. The Balaban J connectivity index is 3.22. The Morgan fingerprint density at radius 2 is 0.889 bits per heavy atom. The first-order valence-electron chi connectivity index (χ1n) is 4.46. The van der Waals surface area contributed by atoms with Gasteiger partial charge in [-0.25, -0.2) is 26.3 Å². The predicted octanol–water partition coefficient (Wildman–Crippen LogP) is 2.84. The molecule has 0 aliphatic heterocycles. The Morgan fingerprint density at radius 1 is 0.444 bits per heavy atom. The average Bonchev–Trinajstić information content (AvgIpc) is 2.35. The molecular formula is C10H4F6N2. The van der Waals surface area contributed by atoms with Crippen molar-refractivity contribution in [2.24, 2.45) is 0 Å². The molecule has 0 aliphatic rings. The average molecular weight is 266 g/mol. The molecule has 0 unspecified atom stereocenters. The second-order valence-corrected chi connectivity index (χ2v) is 3.46. The molecule has 2 rings (SSSR count). The number of hydrogen-bond donors (Lipinski definition) is 2. The molecule has 18 heavy (non-hydrogen) atoms. The molecule has 0 saturated carbocycles. The minimum absolute atomic E-state index is 1.10. The van der Waals surface area contributed by atoms with Crippen LogP contribution in [0.15, 0.2) is 0 Å². The first-order chi connectivity index (χ1) is 8.29. The van der Waals surface area contributed by atoms with E-state index >= 15 is 0 Å². The summed E-state index contributed by atoms with van der Waals surface area (Å²) in [6.45, 7) is 0. The molecule has 8 heteroatoms. The maximum absolute atomic E-state index is 13.5. The number of anilines is 2. The van der Waals surface area contributed by atoms with Gasteiger partial charge in [-0.05, 0) is 0 Å². The fraction of sp³-hybridized carbons (Fsp3) is 0. The van der Waals surface area contributed by atoms with E-state index in [2.05, 4.69) is 0 Å². The summed E-state index contributed by atoms with van der Waals surface area (Å²) >= 11 is 0. The van der Waals surface area contributed by atoms with E-state index in [1.807, 2.05) is 0 Å². The number of benzene rings is 2. The summed E-state index contributed by atoms with van der Waals surface area (Å²) in [6.07, 6.45) is 0. The molecule has 0 atom stereocenters. The predicted molar refractivity (Wildman–Crippen MR) is 52.5 cm³/mol. The van der Waals surface area contributed by atoms with Gasteiger partial charge in [0.05, 0.1) is 16.5 Å². The van der Waals surface area contributed by atoms with Gasteiger partial charge in [-0.1, -0.05) is 0 Å². The summed E-state index contributed by atoms with van der Waals surface area (Å²) < 4.78 is 79.3. The highest BCUT2D eigenvalue weighted by atomic mass is 19.2. The van der Waals surface area contributed by atoms with Gasteiger partial charge in [0.15, 0.2) is 34.9 Å². The third-order valence-electron chi connectivity index (χ3n) is 2.47. The largest absolute Gasteiger partial charge is 0.396 e. The smallest absolute Gasteiger partial charge is 0.198 e. The maximum atomic E-state index is 13.5. The summed E-state index contributed by atoms with van der Waals surface area (Å²) in [4.78, 5) is 0. The van der Waals surface area contributed by atoms with E-state index in [0.717, 1.165) is 0 Å². The second kappa shape index (κ2) is 3.69. The second-order valence-electron chi connectivity index (χ2n) is 3.46. The van der Waals surface area contributed by atoms with Crippen molar-refractivity contribution in [2.45, 2.75) is 0 Å². The van der Waals surface area contributed by atoms with E-state index < -0.39 is 57.1 Å². The molecule has 0 amide bonds. The number of nitrogen functional groups attached to an aromatic ring is 2. The fourth-order valence-corrected chi connectivity index (χ4v) is 1.58. The Morgan fingerprint density at radius 3 is 1.39 bits per heavy atom. The van der Waals surface area contributed by atoms with Crippen LogP contribution in [0.1, 0.15) is 0 Å². The van der Waals surface area contributed by atoms with Crippen molar-refractivity contribution < 1.29 is 26.3 Å². The van der Waals surface area contributed by atoms with Gasteiger partial charge in [-0.15, -0.1) is 0 Å². The van der Waals surface area contributed by atoms with Gasteiger partial charge in [0.2, 0.25) is 0 Å². The summed E-state index contributed by atoms with van der Waals surface area (Å²) in [5, 5.41) is -2.56. The van der Waals surface area contributed by atoms with Crippen LogP contribution in [0.25, 0.3) is 10.8 Å². The molecule has 0 aliphatic carbocycles. The van der Waals surface area contributed by atoms with Gasteiger partial charge in [0.1, 0.15) is 5.69 Å². The van der Waals surface area contributed by atoms with Gasteiger partial charge in [-0.3, -0.25) is 0 Å². The Hall–Kier alpha value is -2.12. The van der Waals surface area contributed by atoms with Gasteiger partial charge < -0.3 is 11.5 Å².